The highest BCUT2D eigenvalue weighted by atomic mass is 16.7. The summed E-state index contributed by atoms with van der Waals surface area (Å²) in [6.45, 7) is 6.37. The summed E-state index contributed by atoms with van der Waals surface area (Å²) >= 11 is 0. The van der Waals surface area contributed by atoms with Gasteiger partial charge in [-0.25, -0.2) is 0 Å². The zero-order chi connectivity index (χ0) is 36.2. The zero-order valence-electron chi connectivity index (χ0n) is 27.9. The van der Waals surface area contributed by atoms with Gasteiger partial charge in [0.1, 0.15) is 12.7 Å². The molecule has 1 amide bonds. The van der Waals surface area contributed by atoms with E-state index in [0.717, 1.165) is 27.7 Å². The molecule has 1 saturated heterocycles. The Bertz CT molecular complexity index is 1310. The zero-order valence-corrected chi connectivity index (χ0v) is 27.9. The summed E-state index contributed by atoms with van der Waals surface area (Å²) in [5.74, 6) is -3.31. The highest BCUT2D eigenvalue weighted by molar-refractivity contribution is 5.94. The fraction of sp³-hybridized carbons (Fsp3) is 0.633. The minimum absolute atomic E-state index is 0.0457. The molecular weight excluding hydrogens is 656 g/mol. The molecule has 0 radical (unpaired) electrons. The summed E-state index contributed by atoms with van der Waals surface area (Å²) in [4.78, 5) is 63.1. The number of benzene rings is 1. The van der Waals surface area contributed by atoms with Crippen LogP contribution in [0.4, 0.5) is 0 Å². The van der Waals surface area contributed by atoms with Crippen LogP contribution in [0.25, 0.3) is 10.4 Å². The van der Waals surface area contributed by atoms with E-state index in [4.69, 9.17) is 52.9 Å². The van der Waals surface area contributed by atoms with Crippen molar-refractivity contribution in [1.82, 2.24) is 5.32 Å². The average Bonchev–Trinajstić information content (AvgIpc) is 3.04. The van der Waals surface area contributed by atoms with Gasteiger partial charge in [-0.05, 0) is 23.7 Å². The molecule has 49 heavy (non-hydrogen) atoms. The Morgan fingerprint density at radius 1 is 0.796 bits per heavy atom. The van der Waals surface area contributed by atoms with Gasteiger partial charge in [-0.1, -0.05) is 5.11 Å². The van der Waals surface area contributed by atoms with Crippen molar-refractivity contribution in [3.8, 4) is 11.5 Å². The first-order valence-electron chi connectivity index (χ1n) is 15.1. The van der Waals surface area contributed by atoms with Gasteiger partial charge < -0.3 is 52.7 Å². The van der Waals surface area contributed by atoms with E-state index in [1.54, 1.807) is 0 Å². The third-order valence-electron chi connectivity index (χ3n) is 6.29. The van der Waals surface area contributed by atoms with E-state index in [0.29, 0.717) is 33.0 Å². The van der Waals surface area contributed by atoms with E-state index in [1.807, 2.05) is 0 Å². The molecule has 1 aromatic carbocycles. The van der Waals surface area contributed by atoms with Crippen LogP contribution in [0, 0.1) is 0 Å². The highest BCUT2D eigenvalue weighted by Gasteiger charge is 2.53. The van der Waals surface area contributed by atoms with Crippen molar-refractivity contribution in [2.45, 2.75) is 58.4 Å². The van der Waals surface area contributed by atoms with Crippen LogP contribution in [0.1, 0.15) is 38.1 Å². The minimum Gasteiger partial charge on any atom is -0.493 e. The molecule has 0 aliphatic carbocycles. The maximum atomic E-state index is 12.8. The van der Waals surface area contributed by atoms with Crippen molar-refractivity contribution < 1.29 is 71.3 Å². The van der Waals surface area contributed by atoms with Crippen LogP contribution in [0.15, 0.2) is 23.3 Å². The normalized spacial score (nSPS) is 19.8. The van der Waals surface area contributed by atoms with Crippen LogP contribution in [-0.2, 0) is 57.1 Å². The lowest BCUT2D eigenvalue weighted by molar-refractivity contribution is -0.288. The third kappa shape index (κ3) is 15.0. The fourth-order valence-corrected chi connectivity index (χ4v) is 4.35. The van der Waals surface area contributed by atoms with Gasteiger partial charge in [0, 0.05) is 51.3 Å². The Morgan fingerprint density at radius 2 is 1.39 bits per heavy atom. The van der Waals surface area contributed by atoms with E-state index < -0.39 is 67.1 Å². The first-order valence-corrected chi connectivity index (χ1v) is 15.1. The van der Waals surface area contributed by atoms with Gasteiger partial charge in [0.05, 0.1) is 46.8 Å². The summed E-state index contributed by atoms with van der Waals surface area (Å²) in [5, 5.41) is 6.07. The SMILES string of the molecule is COc1cc(C(=O)NCCOCCOCCOCCN=[N+]=[N-])ccc1OC1O[C@H](COC(C)=O)[C@H](OC(C)=O)[C@H](OC(C)=O)[C@@H]1OC(C)=O. The first-order chi connectivity index (χ1) is 23.5. The van der Waals surface area contributed by atoms with Crippen LogP contribution in [0.5, 0.6) is 11.5 Å². The van der Waals surface area contributed by atoms with Crippen LogP contribution in [-0.4, -0.2) is 127 Å². The summed E-state index contributed by atoms with van der Waals surface area (Å²) < 4.78 is 54.7. The summed E-state index contributed by atoms with van der Waals surface area (Å²) in [5.41, 5.74) is 8.41. The maximum absolute atomic E-state index is 12.8. The summed E-state index contributed by atoms with van der Waals surface area (Å²) in [6, 6.07) is 4.26. The second kappa shape index (κ2) is 22.0. The standard InChI is InChI=1S/C30H42N4O15/c1-18(35)44-17-25-26(45-19(2)36)27(46-20(3)37)28(47-21(4)38)30(49-25)48-23-7-6-22(16-24(23)40-5)29(39)32-8-10-41-12-14-43-15-13-42-11-9-33-34-31/h6-7,16,25-28,30H,8-15,17H2,1-5H3,(H,32,39)/t25-,26+,27+,28+,30?/m1/s1. The number of carbonyl (C=O) groups excluding carboxylic acids is 5. The van der Waals surface area contributed by atoms with Crippen LogP contribution in [0.2, 0.25) is 0 Å². The number of methoxy groups -OCH3 is 1. The highest BCUT2D eigenvalue weighted by Crippen LogP contribution is 2.35. The van der Waals surface area contributed by atoms with Gasteiger partial charge in [-0.2, -0.15) is 0 Å². The monoisotopic (exact) mass is 698 g/mol. The molecule has 0 spiro atoms. The van der Waals surface area contributed by atoms with Gasteiger partial charge >= 0.3 is 23.9 Å². The number of azide groups is 1. The smallest absolute Gasteiger partial charge is 0.303 e. The van der Waals surface area contributed by atoms with E-state index in [9.17, 15) is 24.0 Å². The molecule has 1 unspecified atom stereocenters. The van der Waals surface area contributed by atoms with Crippen LogP contribution in [0.3, 0.4) is 0 Å². The number of nitrogens with one attached hydrogen (secondary N) is 1. The molecule has 0 aromatic heterocycles. The number of esters is 4. The van der Waals surface area contributed by atoms with Crippen LogP contribution < -0.4 is 14.8 Å². The van der Waals surface area contributed by atoms with Crippen LogP contribution >= 0.6 is 0 Å². The molecule has 1 heterocycles. The lowest BCUT2D eigenvalue weighted by atomic mass is 9.98. The van der Waals surface area contributed by atoms with Crippen molar-refractivity contribution in [2.75, 3.05) is 66.4 Å². The Morgan fingerprint density at radius 3 is 1.98 bits per heavy atom. The largest absolute Gasteiger partial charge is 0.493 e. The lowest BCUT2D eigenvalue weighted by Gasteiger charge is -2.44. The molecule has 1 aliphatic rings. The number of carbonyl (C=O) groups is 5. The molecule has 1 aromatic rings. The molecule has 2 rings (SSSR count). The Balaban J connectivity index is 2.06. The third-order valence-corrected chi connectivity index (χ3v) is 6.29. The van der Waals surface area contributed by atoms with Crippen molar-refractivity contribution >= 4 is 29.8 Å². The van der Waals surface area contributed by atoms with Gasteiger partial charge in [0.2, 0.25) is 12.4 Å². The van der Waals surface area contributed by atoms with E-state index >= 15 is 0 Å². The predicted octanol–water partition coefficient (Wildman–Crippen LogP) is 1.25. The quantitative estimate of drug-likeness (QED) is 0.0475. The fourth-order valence-electron chi connectivity index (χ4n) is 4.35. The molecule has 19 nitrogen and oxygen atoms in total. The van der Waals surface area contributed by atoms with Crippen molar-refractivity contribution in [1.29, 1.82) is 0 Å². The number of hydrogen-bond acceptors (Lipinski definition) is 16. The lowest BCUT2D eigenvalue weighted by Crippen LogP contribution is -2.63. The molecule has 1 aliphatic heterocycles. The van der Waals surface area contributed by atoms with Gasteiger partial charge in [0.25, 0.3) is 5.91 Å². The Hall–Kier alpha value is -4.68. The molecule has 0 saturated carbocycles. The topological polar surface area (TPSA) is 238 Å². The van der Waals surface area contributed by atoms with Crippen molar-refractivity contribution in [3.05, 3.63) is 34.2 Å². The second-order valence-corrected chi connectivity index (χ2v) is 10.1. The van der Waals surface area contributed by atoms with Crippen molar-refractivity contribution in [2.24, 2.45) is 5.11 Å². The molecule has 19 heteroatoms. The van der Waals surface area contributed by atoms with Crippen molar-refractivity contribution in [3.63, 3.8) is 0 Å². The van der Waals surface area contributed by atoms with E-state index in [-0.39, 0.29) is 36.8 Å². The first kappa shape index (κ1) is 40.5. The Labute approximate surface area is 282 Å². The van der Waals surface area contributed by atoms with Gasteiger partial charge in [-0.3, -0.25) is 24.0 Å². The average molecular weight is 699 g/mol. The summed E-state index contributed by atoms with van der Waals surface area (Å²) in [6.07, 6.45) is -6.94. The van der Waals surface area contributed by atoms with E-state index in [2.05, 4.69) is 15.3 Å². The minimum atomic E-state index is -1.49. The molecule has 5 atom stereocenters. The number of amides is 1. The molecular formula is C30H42N4O15. The number of nitrogens with zero attached hydrogens (tertiary/aromatic N) is 3. The second-order valence-electron chi connectivity index (χ2n) is 10.1. The number of hydrogen-bond donors (Lipinski definition) is 1. The predicted molar refractivity (Wildman–Crippen MR) is 164 cm³/mol. The van der Waals surface area contributed by atoms with E-state index in [1.165, 1.54) is 25.3 Å². The maximum Gasteiger partial charge on any atom is 0.303 e. The molecule has 272 valence electrons. The van der Waals surface area contributed by atoms with Gasteiger partial charge in [-0.15, -0.1) is 0 Å². The van der Waals surface area contributed by atoms with Gasteiger partial charge in [0.15, 0.2) is 23.7 Å². The number of ether oxygens (including phenoxy) is 10. The Kier molecular flexibility index (Phi) is 18.2. The summed E-state index contributed by atoms with van der Waals surface area (Å²) in [7, 11) is 1.34. The molecule has 1 fully saturated rings. The molecule has 1 N–H and O–H groups in total. The number of rotatable bonds is 21. The molecule has 0 bridgehead atoms.